The molecule has 0 radical (unpaired) electrons. The maximum Gasteiger partial charge on any atom is 0.0318 e. The third-order valence-electron chi connectivity index (χ3n) is 3.27. The Morgan fingerprint density at radius 3 is 2.42 bits per heavy atom. The van der Waals surface area contributed by atoms with Crippen LogP contribution in [0.5, 0.6) is 0 Å². The van der Waals surface area contributed by atoms with Gasteiger partial charge in [-0.15, -0.1) is 0 Å². The van der Waals surface area contributed by atoms with Gasteiger partial charge in [0.25, 0.3) is 0 Å². The lowest BCUT2D eigenvalue weighted by Gasteiger charge is -2.21. The summed E-state index contributed by atoms with van der Waals surface area (Å²) in [5, 5.41) is 0. The minimum Gasteiger partial charge on any atom is -0.324 e. The summed E-state index contributed by atoms with van der Waals surface area (Å²) in [6, 6.07) is 8.32. The third-order valence-corrected chi connectivity index (χ3v) is 3.99. The molecule has 0 fully saturated rings. The van der Waals surface area contributed by atoms with E-state index >= 15 is 0 Å². The highest BCUT2D eigenvalue weighted by atomic mass is 79.9. The van der Waals surface area contributed by atoms with E-state index in [-0.39, 0.29) is 6.04 Å². The lowest BCUT2D eigenvalue weighted by atomic mass is 10.0. The standard InChI is InChI=1S/C15H26BrN3/c1-18(2)10-6-11-19(3)12-9-15(17)13-7-4-5-8-14(13)16/h4-5,7-8,15H,6,9-12,17H2,1-3H3. The van der Waals surface area contributed by atoms with Crippen molar-refractivity contribution in [1.29, 1.82) is 0 Å². The van der Waals surface area contributed by atoms with Crippen LogP contribution in [0.2, 0.25) is 0 Å². The minimum absolute atomic E-state index is 0.104. The Labute approximate surface area is 125 Å². The first-order chi connectivity index (χ1) is 9.00. The Bertz CT molecular complexity index is 368. The summed E-state index contributed by atoms with van der Waals surface area (Å²) in [4.78, 5) is 4.58. The molecule has 0 bridgehead atoms. The summed E-state index contributed by atoms with van der Waals surface area (Å²) in [5.74, 6) is 0. The molecule has 2 N–H and O–H groups in total. The van der Waals surface area contributed by atoms with Gasteiger partial charge in [0.2, 0.25) is 0 Å². The predicted octanol–water partition coefficient (Wildman–Crippen LogP) is 2.72. The smallest absolute Gasteiger partial charge is 0.0318 e. The average molecular weight is 328 g/mol. The van der Waals surface area contributed by atoms with Crippen molar-refractivity contribution in [2.75, 3.05) is 40.8 Å². The zero-order chi connectivity index (χ0) is 14.3. The van der Waals surface area contributed by atoms with Crippen molar-refractivity contribution in [3.05, 3.63) is 34.3 Å². The van der Waals surface area contributed by atoms with Crippen LogP contribution in [-0.2, 0) is 0 Å². The molecule has 0 aromatic heterocycles. The van der Waals surface area contributed by atoms with E-state index in [9.17, 15) is 0 Å². The van der Waals surface area contributed by atoms with Crippen LogP contribution in [0.3, 0.4) is 0 Å². The van der Waals surface area contributed by atoms with E-state index in [1.165, 1.54) is 12.0 Å². The van der Waals surface area contributed by atoms with E-state index in [1.54, 1.807) is 0 Å². The van der Waals surface area contributed by atoms with E-state index in [0.717, 1.165) is 30.5 Å². The van der Waals surface area contributed by atoms with Gasteiger partial charge < -0.3 is 15.5 Å². The number of hydrogen-bond acceptors (Lipinski definition) is 3. The van der Waals surface area contributed by atoms with Crippen LogP contribution >= 0.6 is 15.9 Å². The first-order valence-electron chi connectivity index (χ1n) is 6.84. The number of rotatable bonds is 8. The van der Waals surface area contributed by atoms with Crippen molar-refractivity contribution in [2.45, 2.75) is 18.9 Å². The van der Waals surface area contributed by atoms with Crippen LogP contribution in [0.4, 0.5) is 0 Å². The fourth-order valence-electron chi connectivity index (χ4n) is 2.06. The van der Waals surface area contributed by atoms with Gasteiger partial charge in [-0.25, -0.2) is 0 Å². The van der Waals surface area contributed by atoms with Crippen LogP contribution < -0.4 is 5.73 Å². The summed E-state index contributed by atoms with van der Waals surface area (Å²) < 4.78 is 1.11. The summed E-state index contributed by atoms with van der Waals surface area (Å²) in [5.41, 5.74) is 7.45. The van der Waals surface area contributed by atoms with Crippen molar-refractivity contribution in [1.82, 2.24) is 9.80 Å². The molecule has 0 saturated carbocycles. The molecule has 0 saturated heterocycles. The lowest BCUT2D eigenvalue weighted by Crippen LogP contribution is -2.27. The highest BCUT2D eigenvalue weighted by Gasteiger charge is 2.10. The van der Waals surface area contributed by atoms with E-state index in [2.05, 4.69) is 59.0 Å². The molecule has 1 aromatic carbocycles. The molecular weight excluding hydrogens is 302 g/mol. The molecule has 0 spiro atoms. The van der Waals surface area contributed by atoms with Gasteiger partial charge in [0, 0.05) is 10.5 Å². The topological polar surface area (TPSA) is 32.5 Å². The third kappa shape index (κ3) is 6.52. The Balaban J connectivity index is 2.30. The van der Waals surface area contributed by atoms with Crippen molar-refractivity contribution in [3.8, 4) is 0 Å². The van der Waals surface area contributed by atoms with Crippen LogP contribution in [0.1, 0.15) is 24.4 Å². The summed E-state index contributed by atoms with van der Waals surface area (Å²) >= 11 is 3.56. The summed E-state index contributed by atoms with van der Waals surface area (Å²) in [7, 11) is 6.40. The second-order valence-electron chi connectivity index (χ2n) is 5.38. The van der Waals surface area contributed by atoms with Crippen LogP contribution in [0, 0.1) is 0 Å². The summed E-state index contributed by atoms with van der Waals surface area (Å²) in [6.45, 7) is 3.30. The quantitative estimate of drug-likeness (QED) is 0.796. The molecule has 108 valence electrons. The number of halogens is 1. The van der Waals surface area contributed by atoms with E-state index in [1.807, 2.05) is 12.1 Å². The molecule has 4 heteroatoms. The molecule has 0 aliphatic carbocycles. The zero-order valence-electron chi connectivity index (χ0n) is 12.3. The zero-order valence-corrected chi connectivity index (χ0v) is 13.9. The first-order valence-corrected chi connectivity index (χ1v) is 7.63. The van der Waals surface area contributed by atoms with Crippen molar-refractivity contribution < 1.29 is 0 Å². The van der Waals surface area contributed by atoms with Crippen LogP contribution in [-0.4, -0.2) is 50.6 Å². The Morgan fingerprint density at radius 1 is 1.11 bits per heavy atom. The second kappa shape index (κ2) is 8.69. The molecule has 0 amide bonds. The fraction of sp³-hybridized carbons (Fsp3) is 0.600. The molecule has 1 atom stereocenters. The lowest BCUT2D eigenvalue weighted by molar-refractivity contribution is 0.291. The Hall–Kier alpha value is -0.420. The number of benzene rings is 1. The van der Waals surface area contributed by atoms with Gasteiger partial charge in [-0.3, -0.25) is 0 Å². The molecular formula is C15H26BrN3. The predicted molar refractivity (Wildman–Crippen MR) is 86.4 cm³/mol. The maximum absolute atomic E-state index is 6.26. The molecule has 1 unspecified atom stereocenters. The Morgan fingerprint density at radius 2 is 1.79 bits per heavy atom. The normalized spacial score (nSPS) is 13.2. The molecule has 0 aliphatic heterocycles. The van der Waals surface area contributed by atoms with Gasteiger partial charge in [0.1, 0.15) is 0 Å². The SMILES string of the molecule is CN(C)CCCN(C)CCC(N)c1ccccc1Br. The van der Waals surface area contributed by atoms with Gasteiger partial charge >= 0.3 is 0 Å². The van der Waals surface area contributed by atoms with Gasteiger partial charge in [-0.05, 0) is 65.2 Å². The number of nitrogens with zero attached hydrogens (tertiary/aromatic N) is 2. The summed E-state index contributed by atoms with van der Waals surface area (Å²) in [6.07, 6.45) is 2.19. The average Bonchev–Trinajstić information content (AvgIpc) is 2.36. The second-order valence-corrected chi connectivity index (χ2v) is 6.23. The van der Waals surface area contributed by atoms with Gasteiger partial charge in [-0.1, -0.05) is 34.1 Å². The highest BCUT2D eigenvalue weighted by Crippen LogP contribution is 2.23. The van der Waals surface area contributed by atoms with Crippen molar-refractivity contribution in [2.24, 2.45) is 5.73 Å². The van der Waals surface area contributed by atoms with Gasteiger partial charge in [0.15, 0.2) is 0 Å². The molecule has 0 aliphatic rings. The van der Waals surface area contributed by atoms with E-state index in [0.29, 0.717) is 0 Å². The van der Waals surface area contributed by atoms with Crippen LogP contribution in [0.15, 0.2) is 28.7 Å². The number of hydrogen-bond donors (Lipinski definition) is 1. The molecule has 3 nitrogen and oxygen atoms in total. The van der Waals surface area contributed by atoms with E-state index < -0.39 is 0 Å². The first kappa shape index (κ1) is 16.6. The highest BCUT2D eigenvalue weighted by molar-refractivity contribution is 9.10. The van der Waals surface area contributed by atoms with E-state index in [4.69, 9.17) is 5.73 Å². The largest absolute Gasteiger partial charge is 0.324 e. The Kier molecular flexibility index (Phi) is 7.61. The van der Waals surface area contributed by atoms with Gasteiger partial charge in [-0.2, -0.15) is 0 Å². The van der Waals surface area contributed by atoms with Gasteiger partial charge in [0.05, 0.1) is 0 Å². The molecule has 19 heavy (non-hydrogen) atoms. The number of nitrogens with two attached hydrogens (primary N) is 1. The van der Waals surface area contributed by atoms with Crippen molar-refractivity contribution >= 4 is 15.9 Å². The molecule has 1 aromatic rings. The minimum atomic E-state index is 0.104. The fourth-order valence-corrected chi connectivity index (χ4v) is 2.64. The van der Waals surface area contributed by atoms with Crippen LogP contribution in [0.25, 0.3) is 0 Å². The van der Waals surface area contributed by atoms with Crippen molar-refractivity contribution in [3.63, 3.8) is 0 Å². The monoisotopic (exact) mass is 327 g/mol. The molecule has 1 rings (SSSR count). The molecule has 0 heterocycles. The maximum atomic E-state index is 6.26.